The van der Waals surface area contributed by atoms with Crippen LogP contribution >= 0.6 is 0 Å². The van der Waals surface area contributed by atoms with Crippen molar-refractivity contribution < 1.29 is 5.11 Å². The number of pyridine rings is 1. The molecule has 1 N–H and O–H groups in total. The number of fused-ring (bicyclic) bond motifs is 3. The smallest absolute Gasteiger partial charge is 0.134 e. The second-order valence-corrected chi connectivity index (χ2v) is 5.21. The second-order valence-electron chi connectivity index (χ2n) is 5.21. The van der Waals surface area contributed by atoms with Gasteiger partial charge in [-0.15, -0.1) is 0 Å². The first-order valence-electron chi connectivity index (χ1n) is 6.32. The Hall–Kier alpha value is -1.13. The van der Waals surface area contributed by atoms with Gasteiger partial charge in [-0.3, -0.25) is 4.90 Å². The quantitative estimate of drug-likeness (QED) is 0.786. The van der Waals surface area contributed by atoms with Crippen molar-refractivity contribution in [1.29, 1.82) is 0 Å². The maximum atomic E-state index is 10.4. The fourth-order valence-corrected chi connectivity index (χ4v) is 2.92. The molecule has 1 aromatic heterocycles. The molecule has 0 aliphatic carbocycles. The Bertz CT molecular complexity index is 421. The third kappa shape index (κ3) is 1.63. The van der Waals surface area contributed by atoms with E-state index in [1.54, 1.807) is 0 Å². The zero-order valence-corrected chi connectivity index (χ0v) is 10.4. The zero-order valence-electron chi connectivity index (χ0n) is 10.4. The number of piperazine rings is 1. The van der Waals surface area contributed by atoms with Gasteiger partial charge in [-0.25, -0.2) is 4.98 Å². The van der Waals surface area contributed by atoms with E-state index in [2.05, 4.69) is 28.6 Å². The number of hydrogen-bond donors (Lipinski definition) is 1. The lowest BCUT2D eigenvalue weighted by atomic mass is 10.1. The van der Waals surface area contributed by atoms with Crippen LogP contribution in [0.5, 0.6) is 0 Å². The molecule has 0 saturated carbocycles. The summed E-state index contributed by atoms with van der Waals surface area (Å²) in [5.74, 6) is 0.980. The summed E-state index contributed by atoms with van der Waals surface area (Å²) >= 11 is 0. The van der Waals surface area contributed by atoms with Gasteiger partial charge in [0, 0.05) is 37.4 Å². The van der Waals surface area contributed by atoms with Crippen molar-refractivity contribution in [3.8, 4) is 0 Å². The number of nitrogens with zero attached hydrogens (tertiary/aromatic N) is 3. The molecule has 2 atom stereocenters. The molecule has 0 spiro atoms. The Morgan fingerprint density at radius 1 is 1.41 bits per heavy atom. The van der Waals surface area contributed by atoms with E-state index in [4.69, 9.17) is 0 Å². The normalized spacial score (nSPS) is 28.4. The second kappa shape index (κ2) is 3.96. The molecule has 0 radical (unpaired) electrons. The van der Waals surface area contributed by atoms with E-state index >= 15 is 0 Å². The minimum absolute atomic E-state index is 0.177. The first kappa shape index (κ1) is 11.0. The maximum Gasteiger partial charge on any atom is 0.134 e. The van der Waals surface area contributed by atoms with E-state index in [9.17, 15) is 5.11 Å². The molecular formula is C13H19N3O. The van der Waals surface area contributed by atoms with Crippen LogP contribution < -0.4 is 4.90 Å². The molecule has 1 unspecified atom stereocenters. The Labute approximate surface area is 102 Å². The van der Waals surface area contributed by atoms with Crippen molar-refractivity contribution in [3.05, 3.63) is 23.9 Å². The number of rotatable bonds is 1. The lowest BCUT2D eigenvalue weighted by molar-refractivity contribution is 0.0969. The molecule has 1 saturated heterocycles. The van der Waals surface area contributed by atoms with Gasteiger partial charge in [0.15, 0.2) is 0 Å². The van der Waals surface area contributed by atoms with Crippen LogP contribution in [0.25, 0.3) is 0 Å². The summed E-state index contributed by atoms with van der Waals surface area (Å²) in [6.07, 6.45) is 1.42. The van der Waals surface area contributed by atoms with E-state index in [1.807, 2.05) is 18.3 Å². The largest absolute Gasteiger partial charge is 0.386 e. The van der Waals surface area contributed by atoms with Gasteiger partial charge in [0.1, 0.15) is 11.9 Å². The Balaban J connectivity index is 1.89. The van der Waals surface area contributed by atoms with Gasteiger partial charge in [0.2, 0.25) is 0 Å². The Morgan fingerprint density at radius 2 is 2.24 bits per heavy atom. The molecule has 0 bridgehead atoms. The molecule has 2 aliphatic heterocycles. The van der Waals surface area contributed by atoms with Gasteiger partial charge in [-0.1, -0.05) is 6.07 Å². The van der Waals surface area contributed by atoms with Crippen LogP contribution in [0.4, 0.5) is 5.82 Å². The van der Waals surface area contributed by atoms with E-state index in [0.717, 1.165) is 31.0 Å². The average Bonchev–Trinajstić information content (AvgIpc) is 2.64. The van der Waals surface area contributed by atoms with E-state index in [0.29, 0.717) is 6.04 Å². The van der Waals surface area contributed by atoms with E-state index < -0.39 is 0 Å². The van der Waals surface area contributed by atoms with E-state index in [-0.39, 0.29) is 12.1 Å². The fourth-order valence-electron chi connectivity index (χ4n) is 2.92. The average molecular weight is 233 g/mol. The Kier molecular flexibility index (Phi) is 2.56. The molecule has 1 fully saturated rings. The molecular weight excluding hydrogens is 214 g/mol. The molecule has 1 aromatic rings. The van der Waals surface area contributed by atoms with Crippen molar-refractivity contribution in [2.45, 2.75) is 32.0 Å². The van der Waals surface area contributed by atoms with Crippen LogP contribution in [-0.4, -0.2) is 46.7 Å². The summed E-state index contributed by atoms with van der Waals surface area (Å²) in [5, 5.41) is 10.4. The zero-order chi connectivity index (χ0) is 12.0. The van der Waals surface area contributed by atoms with Gasteiger partial charge >= 0.3 is 0 Å². The standard InChI is InChI=1S/C13H19N3O/c1-9(2)15-6-7-16-11(8-15)12(17)10-4-3-5-14-13(10)16/h3-5,9,11-12,17H,6-8H2,1-2H3/t11-,12?/m1/s1. The topological polar surface area (TPSA) is 39.6 Å². The summed E-state index contributed by atoms with van der Waals surface area (Å²) in [5.41, 5.74) is 0.989. The summed E-state index contributed by atoms with van der Waals surface area (Å²) < 4.78 is 0. The maximum absolute atomic E-state index is 10.4. The van der Waals surface area contributed by atoms with Crippen LogP contribution in [0, 0.1) is 0 Å². The van der Waals surface area contributed by atoms with Gasteiger partial charge in [-0.2, -0.15) is 0 Å². The van der Waals surface area contributed by atoms with Gasteiger partial charge in [0.25, 0.3) is 0 Å². The highest BCUT2D eigenvalue weighted by atomic mass is 16.3. The lowest BCUT2D eigenvalue weighted by Gasteiger charge is -2.41. The number of aliphatic hydroxyl groups is 1. The monoisotopic (exact) mass is 233 g/mol. The van der Waals surface area contributed by atoms with Crippen LogP contribution in [0.2, 0.25) is 0 Å². The van der Waals surface area contributed by atoms with Gasteiger partial charge < -0.3 is 10.0 Å². The highest BCUT2D eigenvalue weighted by Gasteiger charge is 2.41. The van der Waals surface area contributed by atoms with Crippen LogP contribution in [0.15, 0.2) is 18.3 Å². The highest BCUT2D eigenvalue weighted by molar-refractivity contribution is 5.56. The number of hydrogen-bond acceptors (Lipinski definition) is 4. The number of anilines is 1. The molecule has 0 aromatic carbocycles. The summed E-state index contributed by atoms with van der Waals surface area (Å²) in [6, 6.07) is 4.61. The van der Waals surface area contributed by atoms with Crippen molar-refractivity contribution in [2.24, 2.45) is 0 Å². The molecule has 3 heterocycles. The molecule has 3 rings (SSSR count). The summed E-state index contributed by atoms with van der Waals surface area (Å²) in [7, 11) is 0. The van der Waals surface area contributed by atoms with E-state index in [1.165, 1.54) is 0 Å². The van der Waals surface area contributed by atoms with Crippen molar-refractivity contribution in [1.82, 2.24) is 9.88 Å². The summed E-state index contributed by atoms with van der Waals surface area (Å²) in [4.78, 5) is 9.10. The first-order chi connectivity index (χ1) is 8.18. The van der Waals surface area contributed by atoms with Gasteiger partial charge in [0.05, 0.1) is 6.04 Å². The van der Waals surface area contributed by atoms with Gasteiger partial charge in [-0.05, 0) is 19.9 Å². The molecule has 92 valence electrons. The fraction of sp³-hybridized carbons (Fsp3) is 0.615. The molecule has 2 aliphatic rings. The minimum atomic E-state index is -0.389. The molecule has 4 nitrogen and oxygen atoms in total. The third-order valence-corrected chi connectivity index (χ3v) is 3.95. The number of aliphatic hydroxyl groups excluding tert-OH is 1. The number of aromatic nitrogens is 1. The molecule has 4 heteroatoms. The minimum Gasteiger partial charge on any atom is -0.386 e. The lowest BCUT2D eigenvalue weighted by Crippen LogP contribution is -2.54. The van der Waals surface area contributed by atoms with Crippen LogP contribution in [-0.2, 0) is 0 Å². The summed E-state index contributed by atoms with van der Waals surface area (Å²) in [6.45, 7) is 7.36. The predicted octanol–water partition coefficient (Wildman–Crippen LogP) is 1.03. The van der Waals surface area contributed by atoms with Crippen molar-refractivity contribution in [2.75, 3.05) is 24.5 Å². The Morgan fingerprint density at radius 3 is 3.00 bits per heavy atom. The molecule has 0 amide bonds. The van der Waals surface area contributed by atoms with Crippen LogP contribution in [0.3, 0.4) is 0 Å². The predicted molar refractivity (Wildman–Crippen MR) is 67.0 cm³/mol. The van der Waals surface area contributed by atoms with Crippen molar-refractivity contribution in [3.63, 3.8) is 0 Å². The highest BCUT2D eigenvalue weighted by Crippen LogP contribution is 2.39. The van der Waals surface area contributed by atoms with Crippen molar-refractivity contribution >= 4 is 5.82 Å². The molecule has 17 heavy (non-hydrogen) atoms. The SMILES string of the molecule is CC(C)N1CCN2c3ncccc3C(O)[C@H]2C1. The first-order valence-corrected chi connectivity index (χ1v) is 6.32. The third-order valence-electron chi connectivity index (χ3n) is 3.95. The van der Waals surface area contributed by atoms with Crippen LogP contribution in [0.1, 0.15) is 25.5 Å².